The van der Waals surface area contributed by atoms with Crippen LogP contribution in [0.5, 0.6) is 17.2 Å². The van der Waals surface area contributed by atoms with Crippen molar-refractivity contribution in [1.82, 2.24) is 4.57 Å². The van der Waals surface area contributed by atoms with E-state index in [1.54, 1.807) is 37.0 Å². The molecule has 0 spiro atoms. The highest BCUT2D eigenvalue weighted by Gasteiger charge is 2.33. The number of thiazole rings is 1. The van der Waals surface area contributed by atoms with Crippen molar-refractivity contribution >= 4 is 29.1 Å². The van der Waals surface area contributed by atoms with Crippen LogP contribution < -0.4 is 29.1 Å². The molecule has 2 aliphatic rings. The molecule has 6 rings (SSSR count). The van der Waals surface area contributed by atoms with Crippen molar-refractivity contribution in [2.75, 3.05) is 14.2 Å². The maximum atomic E-state index is 14.0. The molecule has 1 aliphatic heterocycles. The maximum Gasteiger partial charge on any atom is 0.308 e. The van der Waals surface area contributed by atoms with Gasteiger partial charge in [0, 0.05) is 12.5 Å². The molecule has 1 aromatic heterocycles. The molecule has 196 valence electrons. The van der Waals surface area contributed by atoms with Crippen molar-refractivity contribution in [3.05, 3.63) is 114 Å². The Morgan fingerprint density at radius 1 is 1.00 bits per heavy atom. The molecule has 0 saturated carbocycles. The monoisotopic (exact) mass is 538 g/mol. The number of hydrogen-bond acceptors (Lipinski definition) is 7. The van der Waals surface area contributed by atoms with E-state index in [-0.39, 0.29) is 11.6 Å². The summed E-state index contributed by atoms with van der Waals surface area (Å²) in [5, 5.41) is 0. The first-order chi connectivity index (χ1) is 19.0. The number of carbonyl (C=O) groups excluding carboxylic acids is 1. The van der Waals surface area contributed by atoms with Gasteiger partial charge in [0.1, 0.15) is 5.75 Å². The van der Waals surface area contributed by atoms with Crippen molar-refractivity contribution < 1.29 is 19.0 Å². The molecule has 8 heteroatoms. The molecule has 0 unspecified atom stereocenters. The van der Waals surface area contributed by atoms with Gasteiger partial charge < -0.3 is 14.2 Å². The number of allylic oxidation sites excluding steroid dienone is 1. The zero-order valence-corrected chi connectivity index (χ0v) is 22.6. The second kappa shape index (κ2) is 10.0. The average Bonchev–Trinajstić information content (AvgIpc) is 3.25. The van der Waals surface area contributed by atoms with E-state index < -0.39 is 5.97 Å². The second-order valence-corrected chi connectivity index (χ2v) is 10.4. The van der Waals surface area contributed by atoms with E-state index in [2.05, 4.69) is 18.2 Å². The molecule has 3 aromatic carbocycles. The number of carbonyl (C=O) groups is 1. The number of ether oxygens (including phenoxy) is 3. The molecule has 0 saturated heterocycles. The highest BCUT2D eigenvalue weighted by atomic mass is 32.1. The third-order valence-electron chi connectivity index (χ3n) is 7.01. The summed E-state index contributed by atoms with van der Waals surface area (Å²) in [6, 6.07) is 20.9. The van der Waals surface area contributed by atoms with Gasteiger partial charge in [-0.2, -0.15) is 0 Å². The molecule has 0 amide bonds. The van der Waals surface area contributed by atoms with Gasteiger partial charge in [0.2, 0.25) is 0 Å². The van der Waals surface area contributed by atoms with Crippen LogP contribution in [0, 0.1) is 0 Å². The van der Waals surface area contributed by atoms with Gasteiger partial charge in [-0.15, -0.1) is 0 Å². The second-order valence-electron chi connectivity index (χ2n) is 9.39. The highest BCUT2D eigenvalue weighted by molar-refractivity contribution is 7.07. The van der Waals surface area contributed by atoms with Gasteiger partial charge in [-0.3, -0.25) is 14.2 Å². The van der Waals surface area contributed by atoms with E-state index in [9.17, 15) is 9.59 Å². The number of benzene rings is 3. The molecule has 0 bridgehead atoms. The SMILES string of the molecule is COc1ccc([C@H]2C3=C(N=c4s/c(=C\c5cccc(OC(C)=O)c5)c(=O)n42)c2ccccc2CC3)cc1OC. The van der Waals surface area contributed by atoms with Crippen molar-refractivity contribution in [2.24, 2.45) is 4.99 Å². The number of hydrogen-bond donors (Lipinski definition) is 0. The fourth-order valence-electron chi connectivity index (χ4n) is 5.33. The smallest absolute Gasteiger partial charge is 0.308 e. The number of aromatic nitrogens is 1. The number of rotatable bonds is 5. The third-order valence-corrected chi connectivity index (χ3v) is 8.00. The Morgan fingerprint density at radius 2 is 1.82 bits per heavy atom. The van der Waals surface area contributed by atoms with Crippen LogP contribution in [0.15, 0.2) is 82.1 Å². The van der Waals surface area contributed by atoms with E-state index in [0.29, 0.717) is 26.6 Å². The van der Waals surface area contributed by atoms with Crippen LogP contribution in [-0.4, -0.2) is 24.8 Å². The zero-order valence-electron chi connectivity index (χ0n) is 21.8. The molecule has 0 fully saturated rings. The summed E-state index contributed by atoms with van der Waals surface area (Å²) in [6.07, 6.45) is 3.49. The van der Waals surface area contributed by atoms with Crippen LogP contribution in [0.2, 0.25) is 0 Å². The number of methoxy groups -OCH3 is 2. The van der Waals surface area contributed by atoms with Gasteiger partial charge in [0.25, 0.3) is 5.56 Å². The van der Waals surface area contributed by atoms with E-state index in [1.165, 1.54) is 23.8 Å². The first-order valence-electron chi connectivity index (χ1n) is 12.6. The summed E-state index contributed by atoms with van der Waals surface area (Å²) >= 11 is 1.35. The van der Waals surface area contributed by atoms with Gasteiger partial charge >= 0.3 is 5.97 Å². The standard InChI is InChI=1S/C31H26N2O5S/c1-18(34)38-22-9-6-7-19(15-22)16-27-30(35)33-29(21-12-14-25(36-2)26(17-21)37-3)24-13-11-20-8-4-5-10-23(20)28(24)32-31(33)39-27/h4-10,12,14-17,29H,11,13H2,1-3H3/b27-16-/t29-/m0/s1. The summed E-state index contributed by atoms with van der Waals surface area (Å²) in [5.41, 5.74) is 5.97. The zero-order chi connectivity index (χ0) is 27.1. The number of nitrogens with zero attached hydrogens (tertiary/aromatic N) is 2. The van der Waals surface area contributed by atoms with Crippen molar-refractivity contribution in [2.45, 2.75) is 25.8 Å². The fraction of sp³-hybridized carbons (Fsp3) is 0.194. The summed E-state index contributed by atoms with van der Waals surface area (Å²) in [6.45, 7) is 1.36. The summed E-state index contributed by atoms with van der Waals surface area (Å²) in [4.78, 5) is 31.1. The molecule has 2 heterocycles. The minimum absolute atomic E-state index is 0.123. The lowest BCUT2D eigenvalue weighted by atomic mass is 9.83. The largest absolute Gasteiger partial charge is 0.493 e. The van der Waals surface area contributed by atoms with E-state index in [0.717, 1.165) is 40.8 Å². The van der Waals surface area contributed by atoms with Crippen molar-refractivity contribution in [3.63, 3.8) is 0 Å². The normalized spacial score (nSPS) is 16.1. The maximum absolute atomic E-state index is 14.0. The van der Waals surface area contributed by atoms with E-state index in [4.69, 9.17) is 19.2 Å². The number of fused-ring (bicyclic) bond motifs is 3. The van der Waals surface area contributed by atoms with Crippen LogP contribution >= 0.6 is 11.3 Å². The Bertz CT molecular complexity index is 1830. The molecular formula is C31H26N2O5S. The average molecular weight is 539 g/mol. The minimum atomic E-state index is -0.396. The van der Waals surface area contributed by atoms with E-state index in [1.807, 2.05) is 36.4 Å². The fourth-order valence-corrected chi connectivity index (χ4v) is 6.33. The quantitative estimate of drug-likeness (QED) is 0.280. The lowest BCUT2D eigenvalue weighted by molar-refractivity contribution is -0.131. The number of esters is 1. The van der Waals surface area contributed by atoms with Crippen LogP contribution in [0.3, 0.4) is 0 Å². The van der Waals surface area contributed by atoms with Crippen LogP contribution in [-0.2, 0) is 11.2 Å². The van der Waals surface area contributed by atoms with Crippen LogP contribution in [0.4, 0.5) is 0 Å². The summed E-state index contributed by atoms with van der Waals surface area (Å²) in [5.74, 6) is 1.27. The summed E-state index contributed by atoms with van der Waals surface area (Å²) in [7, 11) is 3.22. The molecule has 0 radical (unpaired) electrons. The Morgan fingerprint density at radius 3 is 2.62 bits per heavy atom. The predicted octanol–water partition coefficient (Wildman–Crippen LogP) is 4.26. The molecular weight excluding hydrogens is 512 g/mol. The molecule has 4 aromatic rings. The molecule has 1 aliphatic carbocycles. The third kappa shape index (κ3) is 4.46. The lowest BCUT2D eigenvalue weighted by Gasteiger charge is -2.31. The Hall–Kier alpha value is -4.43. The van der Waals surface area contributed by atoms with E-state index >= 15 is 0 Å². The molecule has 7 nitrogen and oxygen atoms in total. The Kier molecular flexibility index (Phi) is 6.40. The highest BCUT2D eigenvalue weighted by Crippen LogP contribution is 2.42. The number of aryl methyl sites for hydroxylation is 1. The lowest BCUT2D eigenvalue weighted by Crippen LogP contribution is -2.38. The van der Waals surface area contributed by atoms with Gasteiger partial charge in [-0.1, -0.05) is 53.8 Å². The summed E-state index contributed by atoms with van der Waals surface area (Å²) < 4.78 is 18.7. The van der Waals surface area contributed by atoms with Crippen LogP contribution in [0.25, 0.3) is 11.8 Å². The predicted molar refractivity (Wildman–Crippen MR) is 150 cm³/mol. The molecule has 1 atom stereocenters. The first kappa shape index (κ1) is 24.9. The minimum Gasteiger partial charge on any atom is -0.493 e. The van der Waals surface area contributed by atoms with Crippen molar-refractivity contribution in [3.8, 4) is 17.2 Å². The molecule has 0 N–H and O–H groups in total. The molecule has 39 heavy (non-hydrogen) atoms. The van der Waals surface area contributed by atoms with Crippen LogP contribution in [0.1, 0.15) is 41.6 Å². The Labute approximate surface area is 228 Å². The van der Waals surface area contributed by atoms with Gasteiger partial charge in [-0.05, 0) is 65.4 Å². The first-order valence-corrected chi connectivity index (χ1v) is 13.4. The van der Waals surface area contributed by atoms with Gasteiger partial charge in [0.05, 0.1) is 30.5 Å². The topological polar surface area (TPSA) is 79.1 Å². The van der Waals surface area contributed by atoms with Gasteiger partial charge in [-0.25, -0.2) is 4.99 Å². The van der Waals surface area contributed by atoms with Gasteiger partial charge in [0.15, 0.2) is 16.3 Å². The van der Waals surface area contributed by atoms with Crippen molar-refractivity contribution in [1.29, 1.82) is 0 Å². The Balaban J connectivity index is 1.57.